The lowest BCUT2D eigenvalue weighted by atomic mass is 9.75. The third-order valence-corrected chi connectivity index (χ3v) is 10.7. The molecule has 2 N–H and O–H groups in total. The summed E-state index contributed by atoms with van der Waals surface area (Å²) in [4.78, 5) is 19.9. The molecule has 1 aliphatic rings. The molecule has 1 fully saturated rings. The van der Waals surface area contributed by atoms with Gasteiger partial charge in [-0.05, 0) is 55.7 Å². The van der Waals surface area contributed by atoms with Gasteiger partial charge < -0.3 is 24.8 Å². The summed E-state index contributed by atoms with van der Waals surface area (Å²) in [5, 5.41) is 11.5. The number of ether oxygens (including phenoxy) is 1. The minimum absolute atomic E-state index is 0.0388. The Morgan fingerprint density at radius 3 is 2.42 bits per heavy atom. The van der Waals surface area contributed by atoms with E-state index >= 15 is 4.39 Å². The largest absolute Gasteiger partial charge is 0.492 e. The molecule has 1 saturated heterocycles. The first kappa shape index (κ1) is 33.6. The van der Waals surface area contributed by atoms with Crippen molar-refractivity contribution >= 4 is 63.9 Å². The molecule has 0 saturated carbocycles. The van der Waals surface area contributed by atoms with Gasteiger partial charge in [0.15, 0.2) is 17.4 Å². The number of halogens is 2. The fourth-order valence-electron chi connectivity index (χ4n) is 6.40. The van der Waals surface area contributed by atoms with Gasteiger partial charge in [-0.15, -0.1) is 0 Å². The van der Waals surface area contributed by atoms with E-state index in [9.17, 15) is 4.57 Å². The molecule has 1 aliphatic heterocycles. The highest BCUT2D eigenvalue weighted by molar-refractivity contribution is 7.71. The van der Waals surface area contributed by atoms with Crippen molar-refractivity contribution in [2.75, 3.05) is 49.1 Å². The van der Waals surface area contributed by atoms with Crippen LogP contribution in [0, 0.1) is 17.2 Å². The lowest BCUT2D eigenvalue weighted by Crippen LogP contribution is -2.38. The van der Waals surface area contributed by atoms with Crippen molar-refractivity contribution in [2.45, 2.75) is 33.6 Å². The summed E-state index contributed by atoms with van der Waals surface area (Å²) in [5.41, 5.74) is 4.13. The van der Waals surface area contributed by atoms with E-state index in [1.807, 2.05) is 19.3 Å². The number of nitrogens with zero attached hydrogens (tertiary/aromatic N) is 7. The van der Waals surface area contributed by atoms with Gasteiger partial charge in [-0.1, -0.05) is 32.4 Å². The Balaban J connectivity index is 1.38. The van der Waals surface area contributed by atoms with Gasteiger partial charge in [-0.3, -0.25) is 14.6 Å². The normalized spacial score (nSPS) is 14.4. The number of nitrogens with one attached hydrogen (secondary N) is 2. The fourth-order valence-corrected chi connectivity index (χ4v) is 7.94. The molecule has 4 heterocycles. The van der Waals surface area contributed by atoms with Crippen molar-refractivity contribution < 1.29 is 13.7 Å². The maximum atomic E-state index is 16.7. The number of piperidine rings is 1. The monoisotopic (exact) mass is 691 g/mol. The Kier molecular flexibility index (Phi) is 9.08. The van der Waals surface area contributed by atoms with Gasteiger partial charge >= 0.3 is 0 Å². The molecule has 0 amide bonds. The molecular weight excluding hydrogens is 652 g/mol. The topological polar surface area (TPSA) is 123 Å². The molecule has 14 heteroatoms. The summed E-state index contributed by atoms with van der Waals surface area (Å²) in [7, 11) is 0.437. The maximum Gasteiger partial charge on any atom is 0.229 e. The van der Waals surface area contributed by atoms with Crippen LogP contribution < -0.4 is 25.6 Å². The van der Waals surface area contributed by atoms with E-state index < -0.39 is 13.0 Å². The fraction of sp³-hybridized carbons (Fsp3) is 0.382. The number of aromatic nitrogens is 6. The van der Waals surface area contributed by atoms with Crippen LogP contribution in [-0.2, 0) is 11.6 Å². The van der Waals surface area contributed by atoms with Gasteiger partial charge in [0, 0.05) is 49.9 Å². The Morgan fingerprint density at radius 2 is 1.77 bits per heavy atom. The highest BCUT2D eigenvalue weighted by Gasteiger charge is 2.32. The van der Waals surface area contributed by atoms with E-state index in [-0.39, 0.29) is 28.0 Å². The van der Waals surface area contributed by atoms with Gasteiger partial charge in [0.2, 0.25) is 5.95 Å². The first-order chi connectivity index (χ1) is 22.7. The lowest BCUT2D eigenvalue weighted by molar-refractivity contribution is 0.198. The lowest BCUT2D eigenvalue weighted by Gasteiger charge is -2.40. The molecule has 6 rings (SSSR count). The second-order valence-corrected chi connectivity index (χ2v) is 17.1. The summed E-state index contributed by atoms with van der Waals surface area (Å²) in [6, 6.07) is 5.41. The van der Waals surface area contributed by atoms with Crippen LogP contribution in [0.3, 0.4) is 0 Å². The van der Waals surface area contributed by atoms with Crippen LogP contribution in [0.1, 0.15) is 33.6 Å². The standard InChI is InChI=1S/C34H40ClFN9O2P/c1-34(2,3)21-10-14-45(15-11-21)29-22(20-17-40-44(4)19-20)16-26(30(47-5)27(29)36)42-33-39-18-23(35)32(43-33)41-25-9-8-24-28(38-13-12-37-24)31(25)48(6,7)46/h8-9,12-13,16-19,21H,10-11,14-15H2,1-7H3,(H2,39,41,42,43). The first-order valence-electron chi connectivity index (χ1n) is 15.7. The average molecular weight is 692 g/mol. The van der Waals surface area contributed by atoms with E-state index in [0.717, 1.165) is 31.5 Å². The van der Waals surface area contributed by atoms with Crippen molar-refractivity contribution in [3.05, 3.63) is 60.0 Å². The van der Waals surface area contributed by atoms with Crippen LogP contribution in [0.2, 0.25) is 5.02 Å². The van der Waals surface area contributed by atoms with Gasteiger partial charge in [0.1, 0.15) is 17.7 Å². The Hall–Kier alpha value is -4.28. The van der Waals surface area contributed by atoms with Gasteiger partial charge in [-0.25, -0.2) is 9.37 Å². The zero-order valence-electron chi connectivity index (χ0n) is 28.2. The van der Waals surface area contributed by atoms with Gasteiger partial charge in [0.05, 0.1) is 47.4 Å². The number of hydrogen-bond acceptors (Lipinski definition) is 10. The predicted molar refractivity (Wildman–Crippen MR) is 192 cm³/mol. The summed E-state index contributed by atoms with van der Waals surface area (Å²) >= 11 is 6.56. The van der Waals surface area contributed by atoms with E-state index in [2.05, 4.69) is 61.3 Å². The molecule has 48 heavy (non-hydrogen) atoms. The van der Waals surface area contributed by atoms with E-state index in [0.29, 0.717) is 44.9 Å². The highest BCUT2D eigenvalue weighted by Crippen LogP contribution is 2.46. The van der Waals surface area contributed by atoms with E-state index in [1.54, 1.807) is 48.7 Å². The van der Waals surface area contributed by atoms with Crippen molar-refractivity contribution in [1.82, 2.24) is 29.7 Å². The number of methoxy groups -OCH3 is 1. The number of benzene rings is 2. The Bertz CT molecular complexity index is 2030. The van der Waals surface area contributed by atoms with Crippen molar-refractivity contribution in [2.24, 2.45) is 18.4 Å². The average Bonchev–Trinajstić information content (AvgIpc) is 3.47. The predicted octanol–water partition coefficient (Wildman–Crippen LogP) is 7.62. The van der Waals surface area contributed by atoms with Crippen LogP contribution in [-0.4, -0.2) is 63.2 Å². The molecule has 5 aromatic rings. The zero-order chi connectivity index (χ0) is 34.4. The van der Waals surface area contributed by atoms with Crippen molar-refractivity contribution in [3.8, 4) is 16.9 Å². The van der Waals surface area contributed by atoms with Crippen molar-refractivity contribution in [1.29, 1.82) is 0 Å². The first-order valence-corrected chi connectivity index (χ1v) is 18.7. The summed E-state index contributed by atoms with van der Waals surface area (Å²) in [6.45, 7) is 11.6. The summed E-state index contributed by atoms with van der Waals surface area (Å²) < 4.78 is 37.5. The maximum absolute atomic E-state index is 16.7. The summed E-state index contributed by atoms with van der Waals surface area (Å²) in [6.07, 6.45) is 10.1. The number of hydrogen-bond donors (Lipinski definition) is 2. The molecule has 0 aliphatic carbocycles. The quantitative estimate of drug-likeness (QED) is 0.157. The second kappa shape index (κ2) is 13.0. The van der Waals surface area contributed by atoms with Crippen LogP contribution in [0.5, 0.6) is 5.75 Å². The van der Waals surface area contributed by atoms with Crippen molar-refractivity contribution in [3.63, 3.8) is 0 Å². The Labute approximate surface area is 284 Å². The third-order valence-electron chi connectivity index (χ3n) is 8.85. The number of rotatable bonds is 8. The summed E-state index contributed by atoms with van der Waals surface area (Å²) in [5.74, 6) is 0.515. The molecule has 0 spiro atoms. The molecular formula is C34H40ClFN9O2P. The SMILES string of the molecule is COc1c(Nc2ncc(Cl)c(Nc3ccc4nccnc4c3P(C)(C)=O)n2)cc(-c2cnn(C)c2)c(N2CCC(C(C)(C)C)CC2)c1F. The molecule has 0 bridgehead atoms. The van der Waals surface area contributed by atoms with E-state index in [1.165, 1.54) is 13.3 Å². The number of fused-ring (bicyclic) bond motifs is 1. The van der Waals surface area contributed by atoms with Crippen LogP contribution in [0.25, 0.3) is 22.2 Å². The minimum Gasteiger partial charge on any atom is -0.492 e. The second-order valence-electron chi connectivity index (χ2n) is 13.6. The minimum atomic E-state index is -2.83. The van der Waals surface area contributed by atoms with Crippen LogP contribution in [0.15, 0.2) is 49.2 Å². The van der Waals surface area contributed by atoms with Crippen LogP contribution in [0.4, 0.5) is 33.2 Å². The molecule has 0 atom stereocenters. The van der Waals surface area contributed by atoms with Crippen LogP contribution >= 0.6 is 18.7 Å². The molecule has 2 aromatic carbocycles. The molecule has 11 nitrogen and oxygen atoms in total. The number of aryl methyl sites for hydroxylation is 1. The van der Waals surface area contributed by atoms with Gasteiger partial charge in [0.25, 0.3) is 0 Å². The molecule has 3 aromatic heterocycles. The van der Waals surface area contributed by atoms with E-state index in [4.69, 9.17) is 16.3 Å². The number of anilines is 5. The molecule has 252 valence electrons. The highest BCUT2D eigenvalue weighted by atomic mass is 35.5. The Morgan fingerprint density at radius 1 is 1.04 bits per heavy atom. The zero-order valence-corrected chi connectivity index (χ0v) is 29.8. The smallest absolute Gasteiger partial charge is 0.229 e. The molecule has 0 radical (unpaired) electrons. The van der Waals surface area contributed by atoms with Gasteiger partial charge in [-0.2, -0.15) is 10.1 Å². The third kappa shape index (κ3) is 6.69. The molecule has 0 unspecified atom stereocenters.